The van der Waals surface area contributed by atoms with E-state index in [4.69, 9.17) is 0 Å². The number of hydrogen-bond acceptors (Lipinski definition) is 1. The van der Waals surface area contributed by atoms with Gasteiger partial charge in [-0.25, -0.2) is 0 Å². The number of hydrogen-bond donors (Lipinski definition) is 1. The van der Waals surface area contributed by atoms with Gasteiger partial charge in [-0.2, -0.15) is 0 Å². The van der Waals surface area contributed by atoms with Crippen molar-refractivity contribution in [2.75, 3.05) is 6.54 Å². The fraction of sp³-hybridized carbons (Fsp3) is 0.333. The molecule has 2 nitrogen and oxygen atoms in total. The van der Waals surface area contributed by atoms with Crippen molar-refractivity contribution >= 4 is 0 Å². The molecule has 0 saturated carbocycles. The maximum atomic E-state index is 3.39. The van der Waals surface area contributed by atoms with Gasteiger partial charge in [-0.1, -0.05) is 25.1 Å². The first-order chi connectivity index (χ1) is 8.24. The van der Waals surface area contributed by atoms with Crippen LogP contribution in [-0.2, 0) is 6.54 Å². The van der Waals surface area contributed by atoms with Gasteiger partial charge in [0.05, 0.1) is 0 Å². The lowest BCUT2D eigenvalue weighted by atomic mass is 10.1. The van der Waals surface area contributed by atoms with Gasteiger partial charge < -0.3 is 9.88 Å². The summed E-state index contributed by atoms with van der Waals surface area (Å²) in [7, 11) is 0. The minimum atomic E-state index is 0.920. The molecule has 2 rings (SSSR count). The van der Waals surface area contributed by atoms with Crippen molar-refractivity contribution in [1.29, 1.82) is 0 Å². The molecule has 0 radical (unpaired) electrons. The molecule has 0 aliphatic carbocycles. The van der Waals surface area contributed by atoms with Crippen molar-refractivity contribution < 1.29 is 0 Å². The highest BCUT2D eigenvalue weighted by Gasteiger charge is 2.07. The quantitative estimate of drug-likeness (QED) is 0.850. The molecule has 1 N–H and O–H groups in total. The van der Waals surface area contributed by atoms with Crippen LogP contribution in [0.3, 0.4) is 0 Å². The molecule has 90 valence electrons. The van der Waals surface area contributed by atoms with Crippen molar-refractivity contribution in [3.63, 3.8) is 0 Å². The van der Waals surface area contributed by atoms with Crippen LogP contribution in [0.1, 0.15) is 23.9 Å². The molecule has 0 atom stereocenters. The van der Waals surface area contributed by atoms with Crippen molar-refractivity contribution in [3.05, 3.63) is 53.3 Å². The molecule has 0 unspecified atom stereocenters. The Kier molecular flexibility index (Phi) is 3.64. The SMILES string of the molecule is CCNCc1ccccc1-n1c(C)ccc1C. The normalized spacial score (nSPS) is 10.8. The van der Waals surface area contributed by atoms with Gasteiger partial charge in [-0.05, 0) is 44.2 Å². The van der Waals surface area contributed by atoms with Crippen LogP contribution in [-0.4, -0.2) is 11.1 Å². The average molecular weight is 228 g/mol. The van der Waals surface area contributed by atoms with Crippen molar-refractivity contribution in [3.8, 4) is 5.69 Å². The molecule has 2 heteroatoms. The Bertz CT molecular complexity index is 478. The number of aryl methyl sites for hydroxylation is 2. The van der Waals surface area contributed by atoms with E-state index < -0.39 is 0 Å². The molecule has 1 aromatic carbocycles. The molecule has 0 aliphatic heterocycles. The van der Waals surface area contributed by atoms with Gasteiger partial charge in [0.15, 0.2) is 0 Å². The summed E-state index contributed by atoms with van der Waals surface area (Å²) >= 11 is 0. The Balaban J connectivity index is 2.44. The lowest BCUT2D eigenvalue weighted by Gasteiger charge is -2.14. The molecule has 0 aliphatic rings. The molecule has 1 aromatic heterocycles. The Morgan fingerprint density at radius 2 is 1.65 bits per heavy atom. The van der Waals surface area contributed by atoms with E-state index in [2.05, 4.69) is 67.1 Å². The minimum absolute atomic E-state index is 0.920. The van der Waals surface area contributed by atoms with E-state index in [1.165, 1.54) is 22.6 Å². The number of aromatic nitrogens is 1. The fourth-order valence-electron chi connectivity index (χ4n) is 2.19. The lowest BCUT2D eigenvalue weighted by molar-refractivity contribution is 0.721. The zero-order valence-corrected chi connectivity index (χ0v) is 10.8. The van der Waals surface area contributed by atoms with E-state index in [1.807, 2.05) is 0 Å². The summed E-state index contributed by atoms with van der Waals surface area (Å²) in [6.07, 6.45) is 0. The molecule has 0 spiro atoms. The summed E-state index contributed by atoms with van der Waals surface area (Å²) < 4.78 is 2.31. The van der Waals surface area contributed by atoms with Crippen LogP contribution < -0.4 is 5.32 Å². The molecular formula is C15H20N2. The van der Waals surface area contributed by atoms with Gasteiger partial charge in [0.2, 0.25) is 0 Å². The van der Waals surface area contributed by atoms with Gasteiger partial charge in [0.25, 0.3) is 0 Å². The molecule has 2 aromatic rings. The zero-order chi connectivity index (χ0) is 12.3. The highest BCUT2D eigenvalue weighted by atomic mass is 15.0. The predicted molar refractivity (Wildman–Crippen MR) is 72.6 cm³/mol. The third-order valence-corrected chi connectivity index (χ3v) is 3.07. The van der Waals surface area contributed by atoms with Crippen molar-refractivity contribution in [2.45, 2.75) is 27.3 Å². The molecule has 17 heavy (non-hydrogen) atoms. The molecule has 1 heterocycles. The molecule has 0 saturated heterocycles. The maximum absolute atomic E-state index is 3.39. The Morgan fingerprint density at radius 1 is 1.00 bits per heavy atom. The summed E-state index contributed by atoms with van der Waals surface area (Å²) in [5.41, 5.74) is 5.20. The van der Waals surface area contributed by atoms with Crippen LogP contribution in [0.15, 0.2) is 36.4 Å². The smallest absolute Gasteiger partial charge is 0.0499 e. The predicted octanol–water partition coefficient (Wildman–Crippen LogP) is 3.20. The van der Waals surface area contributed by atoms with Gasteiger partial charge in [-0.15, -0.1) is 0 Å². The number of nitrogens with zero attached hydrogens (tertiary/aromatic N) is 1. The van der Waals surface area contributed by atoms with Crippen LogP contribution in [0.2, 0.25) is 0 Å². The van der Waals surface area contributed by atoms with E-state index >= 15 is 0 Å². The first kappa shape index (κ1) is 11.9. The second-order valence-corrected chi connectivity index (χ2v) is 4.36. The second kappa shape index (κ2) is 5.19. The van der Waals surface area contributed by atoms with Gasteiger partial charge in [-0.3, -0.25) is 0 Å². The Morgan fingerprint density at radius 3 is 2.29 bits per heavy atom. The monoisotopic (exact) mass is 228 g/mol. The minimum Gasteiger partial charge on any atom is -0.318 e. The highest BCUT2D eigenvalue weighted by molar-refractivity contribution is 5.44. The van der Waals surface area contributed by atoms with Crippen LogP contribution in [0.4, 0.5) is 0 Å². The number of para-hydroxylation sites is 1. The highest BCUT2D eigenvalue weighted by Crippen LogP contribution is 2.20. The molecular weight excluding hydrogens is 208 g/mol. The van der Waals surface area contributed by atoms with E-state index in [1.54, 1.807) is 0 Å². The number of benzene rings is 1. The van der Waals surface area contributed by atoms with E-state index in [9.17, 15) is 0 Å². The summed E-state index contributed by atoms with van der Waals surface area (Å²) in [4.78, 5) is 0. The van der Waals surface area contributed by atoms with E-state index in [-0.39, 0.29) is 0 Å². The summed E-state index contributed by atoms with van der Waals surface area (Å²) in [5.74, 6) is 0. The number of rotatable bonds is 4. The van der Waals surface area contributed by atoms with Crippen LogP contribution in [0.25, 0.3) is 5.69 Å². The maximum Gasteiger partial charge on any atom is 0.0499 e. The van der Waals surface area contributed by atoms with Crippen molar-refractivity contribution in [1.82, 2.24) is 9.88 Å². The number of nitrogens with one attached hydrogen (secondary N) is 1. The van der Waals surface area contributed by atoms with Gasteiger partial charge >= 0.3 is 0 Å². The Hall–Kier alpha value is -1.54. The van der Waals surface area contributed by atoms with Crippen LogP contribution >= 0.6 is 0 Å². The first-order valence-corrected chi connectivity index (χ1v) is 6.18. The molecule has 0 fully saturated rings. The van der Waals surface area contributed by atoms with Gasteiger partial charge in [0, 0.05) is 23.6 Å². The first-order valence-electron chi connectivity index (χ1n) is 6.18. The summed E-state index contributed by atoms with van der Waals surface area (Å²) in [6, 6.07) is 12.9. The second-order valence-electron chi connectivity index (χ2n) is 4.36. The molecule has 0 bridgehead atoms. The standard InChI is InChI=1S/C15H20N2/c1-4-16-11-14-7-5-6-8-15(14)17-12(2)9-10-13(17)3/h5-10,16H,4,11H2,1-3H3. The van der Waals surface area contributed by atoms with Crippen LogP contribution in [0.5, 0.6) is 0 Å². The average Bonchev–Trinajstić information content (AvgIpc) is 2.67. The topological polar surface area (TPSA) is 17.0 Å². The van der Waals surface area contributed by atoms with Crippen LogP contribution in [0, 0.1) is 13.8 Å². The summed E-state index contributed by atoms with van der Waals surface area (Å²) in [6.45, 7) is 8.35. The third kappa shape index (κ3) is 2.42. The third-order valence-electron chi connectivity index (χ3n) is 3.07. The Labute approximate surface area is 103 Å². The van der Waals surface area contributed by atoms with Gasteiger partial charge in [0.1, 0.15) is 0 Å². The van der Waals surface area contributed by atoms with E-state index in [0.29, 0.717) is 0 Å². The van der Waals surface area contributed by atoms with Crippen molar-refractivity contribution in [2.24, 2.45) is 0 Å². The zero-order valence-electron chi connectivity index (χ0n) is 10.8. The lowest BCUT2D eigenvalue weighted by Crippen LogP contribution is -2.14. The molecule has 0 amide bonds. The summed E-state index contributed by atoms with van der Waals surface area (Å²) in [5, 5.41) is 3.39. The largest absolute Gasteiger partial charge is 0.318 e. The fourth-order valence-corrected chi connectivity index (χ4v) is 2.19. The van der Waals surface area contributed by atoms with E-state index in [0.717, 1.165) is 13.1 Å².